The molecule has 158 valence electrons. The average molecular weight is 453 g/mol. The number of benzene rings is 2. The monoisotopic (exact) mass is 452 g/mol. The van der Waals surface area contributed by atoms with Gasteiger partial charge < -0.3 is 9.84 Å². The second-order valence-electron chi connectivity index (χ2n) is 6.97. The summed E-state index contributed by atoms with van der Waals surface area (Å²) in [7, 11) is -3.98. The number of nitrogens with zero attached hydrogens (tertiary/aromatic N) is 2. The summed E-state index contributed by atoms with van der Waals surface area (Å²) in [6.07, 6.45) is 0. The van der Waals surface area contributed by atoms with E-state index in [4.69, 9.17) is 16.1 Å². The first-order valence-corrected chi connectivity index (χ1v) is 10.6. The van der Waals surface area contributed by atoms with Crippen LogP contribution >= 0.6 is 11.6 Å². The van der Waals surface area contributed by atoms with E-state index in [9.17, 15) is 17.6 Å². The summed E-state index contributed by atoms with van der Waals surface area (Å²) in [6, 6.07) is 8.88. The Morgan fingerprint density at radius 1 is 1.17 bits per heavy atom. The molecule has 11 heteroatoms. The average Bonchev–Trinajstić information content (AvgIpc) is 3.11. The number of carbonyl (C=O) groups is 1. The number of halogens is 2. The molecule has 3 aromatic rings. The summed E-state index contributed by atoms with van der Waals surface area (Å²) in [5, 5.41) is 6.31. The fourth-order valence-corrected chi connectivity index (χ4v) is 3.84. The van der Waals surface area contributed by atoms with Crippen molar-refractivity contribution >= 4 is 33.2 Å². The molecule has 3 rings (SSSR count). The van der Waals surface area contributed by atoms with Crippen molar-refractivity contribution in [3.63, 3.8) is 0 Å². The lowest BCUT2D eigenvalue weighted by Gasteiger charge is -2.22. The number of sulfonamides is 1. The van der Waals surface area contributed by atoms with Crippen molar-refractivity contribution in [2.75, 3.05) is 4.72 Å². The third-order valence-electron chi connectivity index (χ3n) is 4.11. The molecule has 1 amide bonds. The van der Waals surface area contributed by atoms with Crippen molar-refractivity contribution in [1.29, 1.82) is 0 Å². The van der Waals surface area contributed by atoms with E-state index >= 15 is 0 Å². The Morgan fingerprint density at radius 2 is 1.83 bits per heavy atom. The van der Waals surface area contributed by atoms with E-state index in [2.05, 4.69) is 20.2 Å². The van der Waals surface area contributed by atoms with E-state index in [1.54, 1.807) is 20.8 Å². The second-order valence-corrected chi connectivity index (χ2v) is 9.06. The molecule has 1 aromatic heterocycles. The third kappa shape index (κ3) is 4.77. The number of nitrogens with one attached hydrogen (secondary N) is 2. The number of amides is 1. The summed E-state index contributed by atoms with van der Waals surface area (Å²) in [4.78, 5) is 16.5. The number of carbonyl (C=O) groups excluding carboxylic acids is 1. The molecule has 1 heterocycles. The molecule has 0 atom stereocenters. The zero-order valence-corrected chi connectivity index (χ0v) is 17.8. The van der Waals surface area contributed by atoms with Crippen LogP contribution in [0.4, 0.5) is 10.1 Å². The zero-order valence-electron chi connectivity index (χ0n) is 16.2. The Hall–Kier alpha value is -2.98. The highest BCUT2D eigenvalue weighted by molar-refractivity contribution is 7.92. The number of hydrogen-bond donors (Lipinski definition) is 2. The SMILES string of the molecule is Cc1nc(C(C)(C)NC(=O)c2ccc(NS(=O)(=O)c3ccc(F)c(Cl)c3)cc2)no1. The Bertz CT molecular complexity index is 1190. The topological polar surface area (TPSA) is 114 Å². The van der Waals surface area contributed by atoms with Crippen molar-refractivity contribution in [3.8, 4) is 0 Å². The van der Waals surface area contributed by atoms with Gasteiger partial charge in [0.2, 0.25) is 5.89 Å². The highest BCUT2D eigenvalue weighted by Gasteiger charge is 2.28. The van der Waals surface area contributed by atoms with Gasteiger partial charge in [-0.1, -0.05) is 16.8 Å². The van der Waals surface area contributed by atoms with Crippen LogP contribution in [0.3, 0.4) is 0 Å². The maximum atomic E-state index is 13.3. The first-order valence-electron chi connectivity index (χ1n) is 8.69. The second kappa shape index (κ2) is 8.04. The van der Waals surface area contributed by atoms with E-state index < -0.39 is 27.3 Å². The molecule has 0 fully saturated rings. The highest BCUT2D eigenvalue weighted by Crippen LogP contribution is 2.22. The van der Waals surface area contributed by atoms with Gasteiger partial charge in [-0.2, -0.15) is 4.98 Å². The molecule has 0 bridgehead atoms. The summed E-state index contributed by atoms with van der Waals surface area (Å²) in [5.74, 6) is -0.408. The van der Waals surface area contributed by atoms with Crippen molar-refractivity contribution in [1.82, 2.24) is 15.5 Å². The van der Waals surface area contributed by atoms with Gasteiger partial charge in [0.05, 0.1) is 15.5 Å². The van der Waals surface area contributed by atoms with Gasteiger partial charge in [-0.25, -0.2) is 12.8 Å². The Kier molecular flexibility index (Phi) is 5.82. The maximum Gasteiger partial charge on any atom is 0.261 e. The van der Waals surface area contributed by atoms with Crippen LogP contribution in [0, 0.1) is 12.7 Å². The van der Waals surface area contributed by atoms with Crippen LogP contribution in [-0.2, 0) is 15.6 Å². The lowest BCUT2D eigenvalue weighted by Crippen LogP contribution is -2.41. The molecule has 0 radical (unpaired) electrons. The van der Waals surface area contributed by atoms with Crippen molar-refractivity contribution in [2.45, 2.75) is 31.2 Å². The summed E-state index contributed by atoms with van der Waals surface area (Å²) >= 11 is 5.65. The molecule has 30 heavy (non-hydrogen) atoms. The maximum absolute atomic E-state index is 13.3. The van der Waals surface area contributed by atoms with Gasteiger partial charge in [0.25, 0.3) is 15.9 Å². The van der Waals surface area contributed by atoms with Crippen molar-refractivity contribution in [3.05, 3.63) is 70.6 Å². The summed E-state index contributed by atoms with van der Waals surface area (Å²) < 4.78 is 45.4. The normalized spacial score (nSPS) is 11.9. The number of rotatable bonds is 6. The van der Waals surface area contributed by atoms with Crippen molar-refractivity contribution < 1.29 is 22.1 Å². The summed E-state index contributed by atoms with van der Waals surface area (Å²) in [6.45, 7) is 5.10. The van der Waals surface area contributed by atoms with Crippen LogP contribution in [0.2, 0.25) is 5.02 Å². The van der Waals surface area contributed by atoms with Crippen LogP contribution in [0.15, 0.2) is 51.9 Å². The molecule has 0 aliphatic rings. The Morgan fingerprint density at radius 3 is 2.40 bits per heavy atom. The van der Waals surface area contributed by atoms with Crippen LogP contribution in [0.1, 0.15) is 35.9 Å². The third-order valence-corrected chi connectivity index (χ3v) is 5.78. The molecule has 0 unspecified atom stereocenters. The molecule has 2 aromatic carbocycles. The molecular formula is C19H18ClFN4O4S. The van der Waals surface area contributed by atoms with Gasteiger partial charge in [-0.3, -0.25) is 9.52 Å². The van der Waals surface area contributed by atoms with Gasteiger partial charge in [0, 0.05) is 18.2 Å². The van der Waals surface area contributed by atoms with Crippen LogP contribution < -0.4 is 10.0 Å². The van der Waals surface area contributed by atoms with Gasteiger partial charge in [0.1, 0.15) is 5.82 Å². The first kappa shape index (κ1) is 21.7. The van der Waals surface area contributed by atoms with Crippen LogP contribution in [-0.4, -0.2) is 24.5 Å². The predicted molar refractivity (Wildman–Crippen MR) is 108 cm³/mol. The van der Waals surface area contributed by atoms with Gasteiger partial charge in [-0.15, -0.1) is 0 Å². The van der Waals surface area contributed by atoms with E-state index in [0.29, 0.717) is 17.3 Å². The van der Waals surface area contributed by atoms with Gasteiger partial charge >= 0.3 is 0 Å². The van der Waals surface area contributed by atoms with Gasteiger partial charge in [0.15, 0.2) is 5.82 Å². The zero-order chi connectivity index (χ0) is 22.1. The quantitative estimate of drug-likeness (QED) is 0.590. The smallest absolute Gasteiger partial charge is 0.261 e. The Balaban J connectivity index is 1.72. The standard InChI is InChI=1S/C19H18ClFN4O4S/c1-11-22-18(24-29-11)19(2,3)23-17(26)12-4-6-13(7-5-12)25-30(27,28)14-8-9-16(21)15(20)10-14/h4-10,25H,1-3H3,(H,23,26). The van der Waals surface area contributed by atoms with Crippen molar-refractivity contribution in [2.24, 2.45) is 0 Å². The van der Waals surface area contributed by atoms with E-state index in [0.717, 1.165) is 18.2 Å². The minimum absolute atomic E-state index is 0.187. The lowest BCUT2D eigenvalue weighted by atomic mass is 10.0. The van der Waals surface area contributed by atoms with E-state index in [-0.39, 0.29) is 15.6 Å². The minimum Gasteiger partial charge on any atom is -0.340 e. The number of aryl methyl sites for hydroxylation is 1. The van der Waals surface area contributed by atoms with E-state index in [1.807, 2.05) is 0 Å². The Labute approximate surface area is 177 Å². The minimum atomic E-state index is -3.98. The first-order chi connectivity index (χ1) is 14.0. The van der Waals surface area contributed by atoms with E-state index in [1.165, 1.54) is 24.3 Å². The number of hydrogen-bond acceptors (Lipinski definition) is 6. The predicted octanol–water partition coefficient (Wildman–Crippen LogP) is 3.64. The van der Waals surface area contributed by atoms with Gasteiger partial charge in [-0.05, 0) is 56.3 Å². The van der Waals surface area contributed by atoms with Crippen LogP contribution in [0.25, 0.3) is 0 Å². The molecule has 0 spiro atoms. The number of anilines is 1. The molecular weight excluding hydrogens is 435 g/mol. The number of aromatic nitrogens is 2. The highest BCUT2D eigenvalue weighted by atomic mass is 35.5. The largest absolute Gasteiger partial charge is 0.340 e. The molecule has 0 saturated heterocycles. The fraction of sp³-hybridized carbons (Fsp3) is 0.211. The van der Waals surface area contributed by atoms with Crippen LogP contribution in [0.5, 0.6) is 0 Å². The summed E-state index contributed by atoms with van der Waals surface area (Å²) in [5.41, 5.74) is -0.354. The molecule has 2 N–H and O–H groups in total. The molecule has 0 saturated carbocycles. The molecule has 8 nitrogen and oxygen atoms in total. The fourth-order valence-electron chi connectivity index (χ4n) is 2.51. The molecule has 0 aliphatic carbocycles. The molecule has 0 aliphatic heterocycles. The lowest BCUT2D eigenvalue weighted by molar-refractivity contribution is 0.0907.